The highest BCUT2D eigenvalue weighted by Gasteiger charge is 2.56. The molecule has 0 aromatic carbocycles. The van der Waals surface area contributed by atoms with Gasteiger partial charge in [0.2, 0.25) is 0 Å². The predicted molar refractivity (Wildman–Crippen MR) is 77.0 cm³/mol. The zero-order valence-corrected chi connectivity index (χ0v) is 12.2. The molecular weight excluding hydrogens is 232 g/mol. The highest BCUT2D eigenvalue weighted by molar-refractivity contribution is 5.10. The molecule has 2 nitrogen and oxygen atoms in total. The molecule has 4 bridgehead atoms. The molecule has 1 spiro atoms. The van der Waals surface area contributed by atoms with Crippen molar-refractivity contribution in [2.75, 3.05) is 26.2 Å². The first kappa shape index (κ1) is 11.6. The van der Waals surface area contributed by atoms with E-state index >= 15 is 0 Å². The highest BCUT2D eigenvalue weighted by atomic mass is 15.2. The Morgan fingerprint density at radius 3 is 2.11 bits per heavy atom. The van der Waals surface area contributed by atoms with Crippen LogP contribution in [0, 0.1) is 23.2 Å². The Labute approximate surface area is 117 Å². The summed E-state index contributed by atoms with van der Waals surface area (Å²) in [7, 11) is 0. The zero-order chi connectivity index (χ0) is 12.5. The Morgan fingerprint density at radius 2 is 1.53 bits per heavy atom. The second-order valence-electron chi connectivity index (χ2n) is 8.74. The Bertz CT molecular complexity index is 349. The molecule has 106 valence electrons. The van der Waals surface area contributed by atoms with Gasteiger partial charge in [-0.15, -0.1) is 0 Å². The molecule has 0 aromatic heterocycles. The fourth-order valence-corrected chi connectivity index (χ4v) is 6.48. The van der Waals surface area contributed by atoms with E-state index in [4.69, 9.17) is 0 Å². The molecular formula is C17H28N2. The molecule has 6 rings (SSSR count). The third-order valence-electron chi connectivity index (χ3n) is 7.22. The number of hydrogen-bond donors (Lipinski definition) is 1. The highest BCUT2D eigenvalue weighted by Crippen LogP contribution is 2.59. The lowest BCUT2D eigenvalue weighted by atomic mass is 9.52. The molecule has 0 unspecified atom stereocenters. The maximum absolute atomic E-state index is 3.72. The SMILES string of the molecule is C1CN(C23CC4CC(CC(C4)C2)C3)CC2(CC2)CN1. The van der Waals surface area contributed by atoms with Crippen LogP contribution >= 0.6 is 0 Å². The van der Waals surface area contributed by atoms with Crippen molar-refractivity contribution in [1.29, 1.82) is 0 Å². The lowest BCUT2D eigenvalue weighted by molar-refractivity contribution is -0.0911. The third kappa shape index (κ3) is 1.75. The van der Waals surface area contributed by atoms with Gasteiger partial charge in [-0.05, 0) is 74.5 Å². The minimum absolute atomic E-state index is 0.649. The zero-order valence-electron chi connectivity index (χ0n) is 12.2. The average molecular weight is 260 g/mol. The number of nitrogens with zero attached hydrogens (tertiary/aromatic N) is 1. The summed E-state index contributed by atoms with van der Waals surface area (Å²) in [5.74, 6) is 3.29. The molecule has 0 atom stereocenters. The van der Waals surface area contributed by atoms with Crippen LogP contribution in [0.2, 0.25) is 0 Å². The summed E-state index contributed by atoms with van der Waals surface area (Å²) in [6.45, 7) is 5.29. The first-order valence-electron chi connectivity index (χ1n) is 8.71. The van der Waals surface area contributed by atoms with Gasteiger partial charge in [-0.2, -0.15) is 0 Å². The van der Waals surface area contributed by atoms with Crippen LogP contribution in [0.1, 0.15) is 51.4 Å². The molecule has 1 heterocycles. The number of nitrogens with one attached hydrogen (secondary N) is 1. The quantitative estimate of drug-likeness (QED) is 0.780. The van der Waals surface area contributed by atoms with Crippen molar-refractivity contribution in [3.05, 3.63) is 0 Å². The second-order valence-corrected chi connectivity index (χ2v) is 8.74. The topological polar surface area (TPSA) is 15.3 Å². The Kier molecular flexibility index (Phi) is 2.29. The van der Waals surface area contributed by atoms with Crippen LogP contribution in [0.3, 0.4) is 0 Å². The first-order valence-corrected chi connectivity index (χ1v) is 8.71. The van der Waals surface area contributed by atoms with E-state index in [1.807, 2.05) is 0 Å². The van der Waals surface area contributed by atoms with Gasteiger partial charge in [0.15, 0.2) is 0 Å². The van der Waals surface area contributed by atoms with E-state index in [0.29, 0.717) is 11.0 Å². The Balaban J connectivity index is 1.44. The van der Waals surface area contributed by atoms with Gasteiger partial charge in [-0.1, -0.05) is 0 Å². The monoisotopic (exact) mass is 260 g/mol. The lowest BCUT2D eigenvalue weighted by Crippen LogP contribution is -2.61. The van der Waals surface area contributed by atoms with Gasteiger partial charge in [-0.3, -0.25) is 4.90 Å². The number of rotatable bonds is 1. The lowest BCUT2D eigenvalue weighted by Gasteiger charge is -2.61. The average Bonchev–Trinajstić information content (AvgIpc) is 3.15. The molecule has 5 aliphatic carbocycles. The Hall–Kier alpha value is -0.0800. The van der Waals surface area contributed by atoms with Crippen molar-refractivity contribution in [3.8, 4) is 0 Å². The van der Waals surface area contributed by atoms with Crippen molar-refractivity contribution in [2.45, 2.75) is 56.9 Å². The van der Waals surface area contributed by atoms with Crippen molar-refractivity contribution in [2.24, 2.45) is 23.2 Å². The maximum Gasteiger partial charge on any atom is 0.0218 e. The van der Waals surface area contributed by atoms with Crippen LogP contribution in [0.15, 0.2) is 0 Å². The largest absolute Gasteiger partial charge is 0.315 e. The van der Waals surface area contributed by atoms with E-state index in [1.54, 1.807) is 38.5 Å². The molecule has 6 aliphatic rings. The van der Waals surface area contributed by atoms with Gasteiger partial charge in [0.1, 0.15) is 0 Å². The van der Waals surface area contributed by atoms with E-state index in [9.17, 15) is 0 Å². The van der Waals surface area contributed by atoms with Crippen LogP contribution in [0.25, 0.3) is 0 Å². The summed E-state index contributed by atoms with van der Waals surface area (Å²) in [6.07, 6.45) is 12.4. The summed E-state index contributed by atoms with van der Waals surface area (Å²) < 4.78 is 0. The van der Waals surface area contributed by atoms with Crippen LogP contribution in [0.4, 0.5) is 0 Å². The molecule has 19 heavy (non-hydrogen) atoms. The van der Waals surface area contributed by atoms with Gasteiger partial charge in [0.05, 0.1) is 0 Å². The molecule has 0 radical (unpaired) electrons. The molecule has 5 saturated carbocycles. The van der Waals surface area contributed by atoms with Crippen molar-refractivity contribution >= 4 is 0 Å². The van der Waals surface area contributed by atoms with Gasteiger partial charge < -0.3 is 5.32 Å². The van der Waals surface area contributed by atoms with E-state index in [-0.39, 0.29) is 0 Å². The summed E-state index contributed by atoms with van der Waals surface area (Å²) >= 11 is 0. The molecule has 1 aliphatic heterocycles. The molecule has 1 saturated heterocycles. The second kappa shape index (κ2) is 3.76. The van der Waals surface area contributed by atoms with E-state index in [0.717, 1.165) is 17.8 Å². The summed E-state index contributed by atoms with van der Waals surface area (Å²) in [5, 5.41) is 3.72. The normalized spacial score (nSPS) is 51.5. The molecule has 1 N–H and O–H groups in total. The number of hydrogen-bond acceptors (Lipinski definition) is 2. The van der Waals surface area contributed by atoms with E-state index < -0.39 is 0 Å². The minimum atomic E-state index is 0.649. The predicted octanol–water partition coefficient (Wildman–Crippen LogP) is 2.64. The van der Waals surface area contributed by atoms with Crippen LogP contribution < -0.4 is 5.32 Å². The molecule has 2 heteroatoms. The van der Waals surface area contributed by atoms with Crippen molar-refractivity contribution < 1.29 is 0 Å². The summed E-state index contributed by atoms with van der Waals surface area (Å²) in [5.41, 5.74) is 1.34. The standard InChI is InChI=1S/C17H28N2/c1-2-16(1)11-18-3-4-19(12-16)17-8-13-5-14(9-17)7-15(6-13)10-17/h13-15,18H,1-12H2. The smallest absolute Gasteiger partial charge is 0.0218 e. The molecule has 0 amide bonds. The van der Waals surface area contributed by atoms with Gasteiger partial charge >= 0.3 is 0 Å². The Morgan fingerprint density at radius 1 is 0.895 bits per heavy atom. The minimum Gasteiger partial charge on any atom is -0.315 e. The fraction of sp³-hybridized carbons (Fsp3) is 1.00. The third-order valence-corrected chi connectivity index (χ3v) is 7.22. The van der Waals surface area contributed by atoms with E-state index in [2.05, 4.69) is 10.2 Å². The van der Waals surface area contributed by atoms with Crippen LogP contribution in [0.5, 0.6) is 0 Å². The summed E-state index contributed by atoms with van der Waals surface area (Å²) in [4.78, 5) is 2.99. The van der Waals surface area contributed by atoms with Gasteiger partial charge in [0, 0.05) is 31.7 Å². The van der Waals surface area contributed by atoms with Crippen LogP contribution in [-0.2, 0) is 0 Å². The first-order chi connectivity index (χ1) is 9.25. The van der Waals surface area contributed by atoms with Gasteiger partial charge in [-0.25, -0.2) is 0 Å². The van der Waals surface area contributed by atoms with Gasteiger partial charge in [0.25, 0.3) is 0 Å². The van der Waals surface area contributed by atoms with Crippen molar-refractivity contribution in [3.63, 3.8) is 0 Å². The fourth-order valence-electron chi connectivity index (χ4n) is 6.48. The van der Waals surface area contributed by atoms with Crippen LogP contribution in [-0.4, -0.2) is 36.6 Å². The van der Waals surface area contributed by atoms with E-state index in [1.165, 1.54) is 39.0 Å². The van der Waals surface area contributed by atoms with Crippen molar-refractivity contribution in [1.82, 2.24) is 10.2 Å². The molecule has 6 fully saturated rings. The molecule has 0 aromatic rings. The summed E-state index contributed by atoms with van der Waals surface area (Å²) in [6, 6.07) is 0. The maximum atomic E-state index is 3.72.